The smallest absolute Gasteiger partial charge is 0.0813 e. The average molecular weight is 243 g/mol. The molecular weight excluding hydrogens is 214 g/mol. The van der Waals surface area contributed by atoms with Gasteiger partial charge in [-0.15, -0.1) is 0 Å². The van der Waals surface area contributed by atoms with Crippen molar-refractivity contribution >= 4 is 0 Å². The molecule has 0 amide bonds. The summed E-state index contributed by atoms with van der Waals surface area (Å²) in [7, 11) is 2.01. The second-order valence-corrected chi connectivity index (χ2v) is 5.50. The van der Waals surface area contributed by atoms with E-state index in [0.717, 1.165) is 19.1 Å². The SMILES string of the molecule is CCOCC(C)OC1(CNC)CCCC(C)C1. The van der Waals surface area contributed by atoms with Crippen molar-refractivity contribution in [3.63, 3.8) is 0 Å². The molecule has 0 radical (unpaired) electrons. The van der Waals surface area contributed by atoms with Crippen LogP contribution < -0.4 is 5.32 Å². The highest BCUT2D eigenvalue weighted by Crippen LogP contribution is 2.35. The zero-order chi connectivity index (χ0) is 12.7. The van der Waals surface area contributed by atoms with Crippen molar-refractivity contribution in [1.29, 1.82) is 0 Å². The van der Waals surface area contributed by atoms with Gasteiger partial charge >= 0.3 is 0 Å². The van der Waals surface area contributed by atoms with Crippen LogP contribution in [-0.4, -0.2) is 38.5 Å². The molecule has 3 atom stereocenters. The Morgan fingerprint density at radius 2 is 2.24 bits per heavy atom. The van der Waals surface area contributed by atoms with E-state index in [1.165, 1.54) is 25.7 Å². The molecule has 102 valence electrons. The van der Waals surface area contributed by atoms with Crippen molar-refractivity contribution in [2.45, 2.75) is 58.2 Å². The van der Waals surface area contributed by atoms with Crippen molar-refractivity contribution in [1.82, 2.24) is 5.32 Å². The third-order valence-corrected chi connectivity index (χ3v) is 3.56. The Kier molecular flexibility index (Phi) is 6.45. The van der Waals surface area contributed by atoms with Gasteiger partial charge in [0.15, 0.2) is 0 Å². The fourth-order valence-electron chi connectivity index (χ4n) is 2.99. The first-order chi connectivity index (χ1) is 8.12. The van der Waals surface area contributed by atoms with E-state index < -0.39 is 0 Å². The maximum absolute atomic E-state index is 6.30. The van der Waals surface area contributed by atoms with Crippen LogP contribution in [0.15, 0.2) is 0 Å². The highest BCUT2D eigenvalue weighted by atomic mass is 16.5. The second kappa shape index (κ2) is 7.34. The van der Waals surface area contributed by atoms with Crippen molar-refractivity contribution in [3.8, 4) is 0 Å². The highest BCUT2D eigenvalue weighted by molar-refractivity contribution is 4.89. The van der Waals surface area contributed by atoms with Gasteiger partial charge in [-0.05, 0) is 39.7 Å². The van der Waals surface area contributed by atoms with E-state index in [1.807, 2.05) is 14.0 Å². The summed E-state index contributed by atoms with van der Waals surface area (Å²) >= 11 is 0. The Bertz CT molecular complexity index is 206. The van der Waals surface area contributed by atoms with E-state index in [1.54, 1.807) is 0 Å². The van der Waals surface area contributed by atoms with Gasteiger partial charge in [0.25, 0.3) is 0 Å². The molecule has 1 aliphatic carbocycles. The number of hydrogen-bond acceptors (Lipinski definition) is 3. The molecule has 1 aliphatic rings. The van der Waals surface area contributed by atoms with Crippen LogP contribution in [0.2, 0.25) is 0 Å². The van der Waals surface area contributed by atoms with E-state index >= 15 is 0 Å². The first kappa shape index (κ1) is 14.9. The lowest BCUT2D eigenvalue weighted by Gasteiger charge is -2.41. The number of likely N-dealkylation sites (N-methyl/N-ethyl adjacent to an activating group) is 1. The maximum atomic E-state index is 6.30. The molecule has 1 rings (SSSR count). The number of hydrogen-bond donors (Lipinski definition) is 1. The van der Waals surface area contributed by atoms with E-state index in [9.17, 15) is 0 Å². The van der Waals surface area contributed by atoms with Gasteiger partial charge in [-0.2, -0.15) is 0 Å². The van der Waals surface area contributed by atoms with Crippen LogP contribution in [0, 0.1) is 5.92 Å². The molecule has 17 heavy (non-hydrogen) atoms. The minimum Gasteiger partial charge on any atom is -0.379 e. The quantitative estimate of drug-likeness (QED) is 0.745. The van der Waals surface area contributed by atoms with Crippen LogP contribution in [0.4, 0.5) is 0 Å². The lowest BCUT2D eigenvalue weighted by Crippen LogP contribution is -2.48. The van der Waals surface area contributed by atoms with Gasteiger partial charge in [0, 0.05) is 13.2 Å². The van der Waals surface area contributed by atoms with Crippen LogP contribution in [0.5, 0.6) is 0 Å². The lowest BCUT2D eigenvalue weighted by atomic mass is 9.78. The van der Waals surface area contributed by atoms with E-state index in [2.05, 4.69) is 19.2 Å². The summed E-state index contributed by atoms with van der Waals surface area (Å²) in [5, 5.41) is 3.29. The van der Waals surface area contributed by atoms with Crippen molar-refractivity contribution in [3.05, 3.63) is 0 Å². The molecule has 0 aromatic heterocycles. The van der Waals surface area contributed by atoms with Gasteiger partial charge in [-0.3, -0.25) is 0 Å². The largest absolute Gasteiger partial charge is 0.379 e. The monoisotopic (exact) mass is 243 g/mol. The summed E-state index contributed by atoms with van der Waals surface area (Å²) in [4.78, 5) is 0. The minimum atomic E-state index is 0.0307. The number of rotatable bonds is 7. The Morgan fingerprint density at radius 3 is 2.82 bits per heavy atom. The molecule has 1 saturated carbocycles. The number of ether oxygens (including phenoxy) is 2. The third kappa shape index (κ3) is 4.94. The molecule has 0 aromatic carbocycles. The second-order valence-electron chi connectivity index (χ2n) is 5.50. The molecule has 0 saturated heterocycles. The summed E-state index contributed by atoms with van der Waals surface area (Å²) in [5.41, 5.74) is 0.0307. The van der Waals surface area contributed by atoms with Crippen LogP contribution in [0.25, 0.3) is 0 Å². The fourth-order valence-corrected chi connectivity index (χ4v) is 2.99. The van der Waals surface area contributed by atoms with Crippen LogP contribution in [0.3, 0.4) is 0 Å². The summed E-state index contributed by atoms with van der Waals surface area (Å²) in [6, 6.07) is 0. The topological polar surface area (TPSA) is 30.5 Å². The third-order valence-electron chi connectivity index (χ3n) is 3.56. The predicted octanol–water partition coefficient (Wildman–Crippen LogP) is 2.60. The molecule has 3 nitrogen and oxygen atoms in total. The first-order valence-corrected chi connectivity index (χ1v) is 7.02. The summed E-state index contributed by atoms with van der Waals surface area (Å²) in [6.45, 7) is 8.90. The molecule has 0 aliphatic heterocycles. The van der Waals surface area contributed by atoms with Gasteiger partial charge in [-0.25, -0.2) is 0 Å². The van der Waals surface area contributed by atoms with Crippen molar-refractivity contribution in [2.75, 3.05) is 26.8 Å². The van der Waals surface area contributed by atoms with Gasteiger partial charge in [0.2, 0.25) is 0 Å². The highest BCUT2D eigenvalue weighted by Gasteiger charge is 2.36. The van der Waals surface area contributed by atoms with Crippen molar-refractivity contribution < 1.29 is 9.47 Å². The summed E-state index contributed by atoms with van der Waals surface area (Å²) in [6.07, 6.45) is 5.16. The van der Waals surface area contributed by atoms with Gasteiger partial charge in [0.05, 0.1) is 18.3 Å². The van der Waals surface area contributed by atoms with Crippen LogP contribution >= 0.6 is 0 Å². The van der Waals surface area contributed by atoms with Crippen LogP contribution in [-0.2, 0) is 9.47 Å². The fraction of sp³-hybridized carbons (Fsp3) is 1.00. The molecule has 1 fully saturated rings. The Hall–Kier alpha value is -0.120. The molecule has 0 bridgehead atoms. The van der Waals surface area contributed by atoms with Crippen LogP contribution in [0.1, 0.15) is 46.5 Å². The molecule has 3 heteroatoms. The zero-order valence-electron chi connectivity index (χ0n) is 11.9. The summed E-state index contributed by atoms with van der Waals surface area (Å²) < 4.78 is 11.7. The minimum absolute atomic E-state index is 0.0307. The average Bonchev–Trinajstić information content (AvgIpc) is 2.26. The molecular formula is C14H29NO2. The predicted molar refractivity (Wildman–Crippen MR) is 71.3 cm³/mol. The Morgan fingerprint density at radius 1 is 1.47 bits per heavy atom. The Labute approximate surface area is 106 Å². The van der Waals surface area contributed by atoms with Gasteiger partial charge in [-0.1, -0.05) is 19.8 Å². The molecule has 0 spiro atoms. The van der Waals surface area contributed by atoms with E-state index in [4.69, 9.17) is 9.47 Å². The summed E-state index contributed by atoms with van der Waals surface area (Å²) in [5.74, 6) is 0.774. The number of nitrogens with one attached hydrogen (secondary N) is 1. The molecule has 0 aromatic rings. The Balaban J connectivity index is 2.51. The zero-order valence-corrected chi connectivity index (χ0v) is 11.9. The first-order valence-electron chi connectivity index (χ1n) is 7.02. The van der Waals surface area contributed by atoms with Crippen molar-refractivity contribution in [2.24, 2.45) is 5.92 Å². The van der Waals surface area contributed by atoms with E-state index in [-0.39, 0.29) is 11.7 Å². The lowest BCUT2D eigenvalue weighted by molar-refractivity contribution is -0.132. The molecule has 1 N–H and O–H groups in total. The molecule has 3 unspecified atom stereocenters. The molecule has 0 heterocycles. The normalized spacial score (nSPS) is 31.4. The standard InChI is InChI=1S/C14H29NO2/c1-5-16-10-13(3)17-14(11-15-4)8-6-7-12(2)9-14/h12-13,15H,5-11H2,1-4H3. The maximum Gasteiger partial charge on any atom is 0.0813 e. The van der Waals surface area contributed by atoms with Gasteiger partial charge < -0.3 is 14.8 Å². The van der Waals surface area contributed by atoms with Gasteiger partial charge in [0.1, 0.15) is 0 Å². The van der Waals surface area contributed by atoms with E-state index in [0.29, 0.717) is 6.61 Å².